The summed E-state index contributed by atoms with van der Waals surface area (Å²) in [6.45, 7) is 5.12. The number of aliphatic hydroxyl groups is 2. The molecule has 1 saturated carbocycles. The molecule has 3 rings (SSSR count). The Kier molecular flexibility index (Phi) is 28.4. The van der Waals surface area contributed by atoms with Gasteiger partial charge in [-0.3, -0.25) is 62.7 Å². The monoisotopic (exact) mass is 782 g/mol. The number of ether oxygens (including phenoxy) is 6. The molecular weight excluding hydrogens is 719 g/mol. The molecule has 0 aromatic carbocycles. The molecule has 302 valence electrons. The number of nitrogens with one attached hydrogen (secondary N) is 12. The largest absolute Gasteiger partial charge is 1.00 e. The predicted octanol–water partition coefficient (Wildman–Crippen LogP) is -9.78. The van der Waals surface area contributed by atoms with Crippen LogP contribution in [0.2, 0.25) is 0 Å². The SMILES string of the molecule is COCNCCOC1NC(NC2CC(NC3NC(NCCOCCO)NC(NCCOCCO)N3)CC(S(=O)[O-])C2)NC(OCCNCOC)N1.[Na+]. The van der Waals surface area contributed by atoms with Crippen molar-refractivity contribution in [3.63, 3.8) is 0 Å². The summed E-state index contributed by atoms with van der Waals surface area (Å²) >= 11 is -2.27. The van der Waals surface area contributed by atoms with Gasteiger partial charge >= 0.3 is 29.6 Å². The third-order valence-corrected chi connectivity index (χ3v) is 8.89. The summed E-state index contributed by atoms with van der Waals surface area (Å²) in [4.78, 5) is 0. The molecular formula is C28H63N12NaO10S. The first kappa shape index (κ1) is 48.5. The van der Waals surface area contributed by atoms with Crippen LogP contribution in [0.3, 0.4) is 0 Å². The molecule has 0 aromatic heterocycles. The van der Waals surface area contributed by atoms with E-state index in [4.69, 9.17) is 38.6 Å². The molecule has 3 fully saturated rings. The van der Waals surface area contributed by atoms with Crippen LogP contribution in [0, 0.1) is 0 Å². The first-order chi connectivity index (χ1) is 24.9. The second-order valence-electron chi connectivity index (χ2n) is 12.0. The average molecular weight is 783 g/mol. The fraction of sp³-hybridized carbons (Fsp3) is 1.00. The Labute approximate surface area is 331 Å². The first-order valence-corrected chi connectivity index (χ1v) is 18.7. The van der Waals surface area contributed by atoms with Gasteiger partial charge in [0.05, 0.1) is 66.3 Å². The van der Waals surface area contributed by atoms with Crippen molar-refractivity contribution in [3.05, 3.63) is 0 Å². The minimum atomic E-state index is -2.27. The topological polar surface area (TPSA) is 280 Å². The van der Waals surface area contributed by atoms with Gasteiger partial charge in [0.15, 0.2) is 12.7 Å². The van der Waals surface area contributed by atoms with Crippen LogP contribution in [0.4, 0.5) is 0 Å². The molecule has 8 atom stereocenters. The summed E-state index contributed by atoms with van der Waals surface area (Å²) in [5, 5.41) is 57.6. The van der Waals surface area contributed by atoms with Crippen molar-refractivity contribution in [3.8, 4) is 0 Å². The van der Waals surface area contributed by atoms with Gasteiger partial charge in [0.25, 0.3) is 0 Å². The Hall–Kier alpha value is 0.310. The Morgan fingerprint density at radius 2 is 1.10 bits per heavy atom. The zero-order valence-corrected chi connectivity index (χ0v) is 33.6. The van der Waals surface area contributed by atoms with Crippen LogP contribution in [0.15, 0.2) is 0 Å². The van der Waals surface area contributed by atoms with Crippen LogP contribution in [0.5, 0.6) is 0 Å². The average Bonchev–Trinajstić information content (AvgIpc) is 3.11. The molecule has 14 N–H and O–H groups in total. The van der Waals surface area contributed by atoms with Crippen LogP contribution < -0.4 is 93.4 Å². The van der Waals surface area contributed by atoms with Gasteiger partial charge in [0.2, 0.25) is 0 Å². The van der Waals surface area contributed by atoms with Crippen LogP contribution >= 0.6 is 0 Å². The van der Waals surface area contributed by atoms with Crippen molar-refractivity contribution < 1.29 is 77.0 Å². The van der Waals surface area contributed by atoms with E-state index >= 15 is 0 Å². The van der Waals surface area contributed by atoms with Gasteiger partial charge in [0.1, 0.15) is 25.2 Å². The quantitative estimate of drug-likeness (QED) is 0.0145. The maximum Gasteiger partial charge on any atom is 1.00 e. The van der Waals surface area contributed by atoms with Gasteiger partial charge < -0.3 is 43.2 Å². The van der Waals surface area contributed by atoms with Gasteiger partial charge in [0, 0.05) is 57.7 Å². The summed E-state index contributed by atoms with van der Waals surface area (Å²) in [6.07, 6.45) is -1.09. The third-order valence-electron chi connectivity index (χ3n) is 7.96. The summed E-state index contributed by atoms with van der Waals surface area (Å²) in [5.74, 6) is 0. The second kappa shape index (κ2) is 30.4. The molecule has 0 spiro atoms. The van der Waals surface area contributed by atoms with E-state index in [1.54, 1.807) is 14.2 Å². The van der Waals surface area contributed by atoms with Crippen LogP contribution in [0.25, 0.3) is 0 Å². The van der Waals surface area contributed by atoms with Crippen molar-refractivity contribution in [2.45, 2.75) is 74.5 Å². The predicted molar refractivity (Wildman–Crippen MR) is 185 cm³/mol. The number of hydrogen-bond donors (Lipinski definition) is 14. The van der Waals surface area contributed by atoms with Gasteiger partial charge in [-0.15, -0.1) is 0 Å². The molecule has 52 heavy (non-hydrogen) atoms. The first-order valence-electron chi connectivity index (χ1n) is 17.6. The van der Waals surface area contributed by atoms with E-state index in [1.165, 1.54) is 0 Å². The van der Waals surface area contributed by atoms with Crippen molar-refractivity contribution in [1.82, 2.24) is 63.8 Å². The molecule has 1 aliphatic carbocycles. The van der Waals surface area contributed by atoms with E-state index in [0.29, 0.717) is 85.3 Å². The molecule has 2 saturated heterocycles. The number of aliphatic hydroxyl groups excluding tert-OH is 2. The van der Waals surface area contributed by atoms with E-state index < -0.39 is 41.6 Å². The zero-order valence-electron chi connectivity index (χ0n) is 30.8. The van der Waals surface area contributed by atoms with Gasteiger partial charge in [-0.25, -0.2) is 5.32 Å². The van der Waals surface area contributed by atoms with E-state index in [2.05, 4.69) is 63.8 Å². The van der Waals surface area contributed by atoms with Crippen molar-refractivity contribution in [2.75, 3.05) is 107 Å². The zero-order chi connectivity index (χ0) is 36.5. The third kappa shape index (κ3) is 21.0. The molecule has 0 amide bonds. The molecule has 8 unspecified atom stereocenters. The molecule has 2 heterocycles. The van der Waals surface area contributed by atoms with E-state index in [9.17, 15) is 8.76 Å². The van der Waals surface area contributed by atoms with Crippen molar-refractivity contribution in [1.29, 1.82) is 0 Å². The van der Waals surface area contributed by atoms with E-state index in [1.807, 2.05) is 0 Å². The Morgan fingerprint density at radius 3 is 1.54 bits per heavy atom. The fourth-order valence-electron chi connectivity index (χ4n) is 5.75. The number of rotatable bonds is 29. The van der Waals surface area contributed by atoms with E-state index in [-0.39, 0.29) is 80.6 Å². The van der Waals surface area contributed by atoms with Crippen LogP contribution in [0.1, 0.15) is 19.3 Å². The molecule has 24 heteroatoms. The maximum atomic E-state index is 12.3. The Bertz CT molecular complexity index is 805. The molecule has 22 nitrogen and oxygen atoms in total. The van der Waals surface area contributed by atoms with Crippen molar-refractivity contribution >= 4 is 11.1 Å². The van der Waals surface area contributed by atoms with Crippen LogP contribution in [-0.2, 0) is 39.5 Å². The second-order valence-corrected chi connectivity index (χ2v) is 13.2. The molecule has 0 radical (unpaired) electrons. The summed E-state index contributed by atoms with van der Waals surface area (Å²) in [7, 11) is 3.23. The van der Waals surface area contributed by atoms with E-state index in [0.717, 1.165) is 0 Å². The van der Waals surface area contributed by atoms with Gasteiger partial charge in [-0.1, -0.05) is 11.1 Å². The summed E-state index contributed by atoms with van der Waals surface area (Å²) in [5.41, 5.74) is 0. The molecule has 3 aliphatic rings. The summed E-state index contributed by atoms with van der Waals surface area (Å²) in [6, 6.07) is -0.337. The number of hydrogen-bond acceptors (Lipinski definition) is 22. The maximum absolute atomic E-state index is 12.3. The van der Waals surface area contributed by atoms with Gasteiger partial charge in [-0.2, -0.15) is 0 Å². The molecule has 2 aliphatic heterocycles. The van der Waals surface area contributed by atoms with Crippen LogP contribution in [-0.4, -0.2) is 181 Å². The standard InChI is InChI=1S/C28H64N12O10S.Na/c1-45-18-29-3-11-49-27-38-26(39-28(40-27)50-12-4-30-19-46-2)34-21-15-20(16-22(17-21)51(43)44)33-25-36-23(31-5-9-47-13-7-41)35-24(37-25)32-6-10-48-14-8-42;/h20-42H,3-19H2,1-2H3,(H,43,44);/q;+1/p-1. The smallest absolute Gasteiger partial charge is 0.772 e. The van der Waals surface area contributed by atoms with Crippen molar-refractivity contribution in [2.24, 2.45) is 0 Å². The normalized spacial score (nSPS) is 30.2. The Balaban J connectivity index is 0.00000936. The minimum Gasteiger partial charge on any atom is -0.772 e. The summed E-state index contributed by atoms with van der Waals surface area (Å²) < 4.78 is 57.5. The fourth-order valence-corrected chi connectivity index (χ4v) is 6.53. The molecule has 0 bridgehead atoms. The number of methoxy groups -OCH3 is 2. The van der Waals surface area contributed by atoms with Gasteiger partial charge in [-0.05, 0) is 19.3 Å². The molecule has 0 aromatic rings. The Morgan fingerprint density at radius 1 is 0.635 bits per heavy atom. The minimum absolute atomic E-state index is 0.